The molecule has 0 unspecified atom stereocenters. The Hall–Kier alpha value is -1.84. The van der Waals surface area contributed by atoms with E-state index in [9.17, 15) is 0 Å². The monoisotopic (exact) mass is 214 g/mol. The van der Waals surface area contributed by atoms with Crippen LogP contribution in [-0.2, 0) is 0 Å². The summed E-state index contributed by atoms with van der Waals surface area (Å²) in [6, 6.07) is 3.87. The van der Waals surface area contributed by atoms with Gasteiger partial charge in [0.25, 0.3) is 0 Å². The van der Waals surface area contributed by atoms with Crippen LogP contribution in [0.5, 0.6) is 0 Å². The highest BCUT2D eigenvalue weighted by atomic mass is 15.0. The van der Waals surface area contributed by atoms with Gasteiger partial charge in [0, 0.05) is 22.8 Å². The van der Waals surface area contributed by atoms with Crippen LogP contribution in [0.15, 0.2) is 12.1 Å². The van der Waals surface area contributed by atoms with Crippen molar-refractivity contribution in [3.63, 3.8) is 0 Å². The van der Waals surface area contributed by atoms with Gasteiger partial charge in [0.2, 0.25) is 0 Å². The molecule has 0 atom stereocenters. The Labute approximate surface area is 94.8 Å². The van der Waals surface area contributed by atoms with Crippen molar-refractivity contribution in [3.05, 3.63) is 34.9 Å². The molecule has 0 saturated heterocycles. The molecule has 4 nitrogen and oxygen atoms in total. The molecular weight excluding hydrogens is 200 g/mol. The summed E-state index contributed by atoms with van der Waals surface area (Å²) < 4.78 is 0. The molecule has 0 aliphatic rings. The molecular formula is C12H14N4. The third-order valence-electron chi connectivity index (χ3n) is 2.16. The largest absolute Gasteiger partial charge is 0.231 e. The zero-order valence-electron chi connectivity index (χ0n) is 9.94. The van der Waals surface area contributed by atoms with Crippen LogP contribution < -0.4 is 0 Å². The Kier molecular flexibility index (Phi) is 2.64. The molecule has 2 rings (SSSR count). The predicted octanol–water partition coefficient (Wildman–Crippen LogP) is 2.17. The Balaban J connectivity index is 2.57. The Bertz CT molecular complexity index is 445. The molecule has 0 spiro atoms. The summed E-state index contributed by atoms with van der Waals surface area (Å²) >= 11 is 0. The average Bonchev–Trinajstić information content (AvgIpc) is 2.14. The minimum Gasteiger partial charge on any atom is -0.231 e. The maximum absolute atomic E-state index is 4.35. The van der Waals surface area contributed by atoms with Gasteiger partial charge in [-0.2, -0.15) is 0 Å². The number of hydrogen-bond donors (Lipinski definition) is 0. The van der Waals surface area contributed by atoms with E-state index in [1.54, 1.807) is 0 Å². The van der Waals surface area contributed by atoms with Crippen molar-refractivity contribution in [3.8, 4) is 11.6 Å². The summed E-state index contributed by atoms with van der Waals surface area (Å²) in [5.74, 6) is 1.20. The molecule has 0 aliphatic carbocycles. The fraction of sp³-hybridized carbons (Fsp3) is 0.333. The van der Waals surface area contributed by atoms with Crippen molar-refractivity contribution >= 4 is 0 Å². The lowest BCUT2D eigenvalue weighted by Gasteiger charge is -2.03. The smallest absolute Gasteiger partial charge is 0.198 e. The second-order valence-electron chi connectivity index (χ2n) is 3.95. The van der Waals surface area contributed by atoms with Gasteiger partial charge < -0.3 is 0 Å². The number of nitrogens with zero attached hydrogens (tertiary/aromatic N) is 4. The lowest BCUT2D eigenvalue weighted by Crippen LogP contribution is -2.00. The fourth-order valence-corrected chi connectivity index (χ4v) is 1.65. The summed E-state index contributed by atoms with van der Waals surface area (Å²) in [4.78, 5) is 17.4. The molecule has 16 heavy (non-hydrogen) atoms. The standard InChI is InChI=1S/C12H14N4/c1-7-5-8(2)14-11(13-7)12-15-9(3)6-10(4)16-12/h5-6H,1-4H3. The van der Waals surface area contributed by atoms with Crippen LogP contribution in [0.3, 0.4) is 0 Å². The maximum atomic E-state index is 4.35. The molecule has 0 aliphatic heterocycles. The first-order chi connectivity index (χ1) is 7.54. The highest BCUT2D eigenvalue weighted by Crippen LogP contribution is 2.12. The van der Waals surface area contributed by atoms with Gasteiger partial charge in [-0.3, -0.25) is 0 Å². The first-order valence-corrected chi connectivity index (χ1v) is 5.19. The van der Waals surface area contributed by atoms with Crippen LogP contribution in [0, 0.1) is 27.7 Å². The van der Waals surface area contributed by atoms with Crippen LogP contribution in [-0.4, -0.2) is 19.9 Å². The van der Waals surface area contributed by atoms with E-state index in [1.165, 1.54) is 0 Å². The normalized spacial score (nSPS) is 10.5. The van der Waals surface area contributed by atoms with Crippen LogP contribution in [0.25, 0.3) is 11.6 Å². The van der Waals surface area contributed by atoms with Gasteiger partial charge in [-0.25, -0.2) is 19.9 Å². The van der Waals surface area contributed by atoms with Crippen molar-refractivity contribution in [1.82, 2.24) is 19.9 Å². The van der Waals surface area contributed by atoms with Gasteiger partial charge in [0.1, 0.15) is 0 Å². The van der Waals surface area contributed by atoms with E-state index in [2.05, 4.69) is 19.9 Å². The van der Waals surface area contributed by atoms with Crippen LogP contribution in [0.2, 0.25) is 0 Å². The van der Waals surface area contributed by atoms with Gasteiger partial charge in [0.15, 0.2) is 11.6 Å². The molecule has 2 aromatic heterocycles. The summed E-state index contributed by atoms with van der Waals surface area (Å²) in [7, 11) is 0. The Morgan fingerprint density at radius 3 is 1.06 bits per heavy atom. The van der Waals surface area contributed by atoms with Crippen molar-refractivity contribution in [1.29, 1.82) is 0 Å². The number of aryl methyl sites for hydroxylation is 4. The molecule has 0 saturated carbocycles. The van der Waals surface area contributed by atoms with E-state index < -0.39 is 0 Å². The topological polar surface area (TPSA) is 51.6 Å². The van der Waals surface area contributed by atoms with Gasteiger partial charge in [-0.15, -0.1) is 0 Å². The first kappa shape index (κ1) is 10.7. The lowest BCUT2D eigenvalue weighted by molar-refractivity contribution is 0.988. The molecule has 82 valence electrons. The van der Waals surface area contributed by atoms with E-state index in [1.807, 2.05) is 39.8 Å². The molecule has 0 radical (unpaired) electrons. The second kappa shape index (κ2) is 3.96. The minimum atomic E-state index is 0.601. The van der Waals surface area contributed by atoms with E-state index in [0.29, 0.717) is 11.6 Å². The van der Waals surface area contributed by atoms with Gasteiger partial charge in [-0.05, 0) is 39.8 Å². The summed E-state index contributed by atoms with van der Waals surface area (Å²) in [5, 5.41) is 0. The molecule has 2 aromatic rings. The van der Waals surface area contributed by atoms with Gasteiger partial charge in [0.05, 0.1) is 0 Å². The molecule has 0 amide bonds. The third-order valence-corrected chi connectivity index (χ3v) is 2.16. The van der Waals surface area contributed by atoms with E-state index in [4.69, 9.17) is 0 Å². The highest BCUT2D eigenvalue weighted by molar-refractivity contribution is 5.44. The highest BCUT2D eigenvalue weighted by Gasteiger charge is 2.07. The number of rotatable bonds is 1. The van der Waals surface area contributed by atoms with E-state index in [-0.39, 0.29) is 0 Å². The van der Waals surface area contributed by atoms with Gasteiger partial charge >= 0.3 is 0 Å². The van der Waals surface area contributed by atoms with E-state index >= 15 is 0 Å². The minimum absolute atomic E-state index is 0.601. The second-order valence-corrected chi connectivity index (χ2v) is 3.95. The van der Waals surface area contributed by atoms with Crippen molar-refractivity contribution in [2.75, 3.05) is 0 Å². The third kappa shape index (κ3) is 2.21. The number of aromatic nitrogens is 4. The number of hydrogen-bond acceptors (Lipinski definition) is 4. The summed E-state index contributed by atoms with van der Waals surface area (Å²) in [6.45, 7) is 7.78. The van der Waals surface area contributed by atoms with Crippen LogP contribution >= 0.6 is 0 Å². The summed E-state index contributed by atoms with van der Waals surface area (Å²) in [6.07, 6.45) is 0. The summed E-state index contributed by atoms with van der Waals surface area (Å²) in [5.41, 5.74) is 3.74. The molecule has 2 heterocycles. The molecule has 0 aromatic carbocycles. The van der Waals surface area contributed by atoms with Crippen molar-refractivity contribution in [2.24, 2.45) is 0 Å². The maximum Gasteiger partial charge on any atom is 0.198 e. The predicted molar refractivity (Wildman–Crippen MR) is 62.0 cm³/mol. The zero-order chi connectivity index (χ0) is 11.7. The van der Waals surface area contributed by atoms with Crippen molar-refractivity contribution in [2.45, 2.75) is 27.7 Å². The quantitative estimate of drug-likeness (QED) is 0.730. The molecule has 4 heteroatoms. The average molecular weight is 214 g/mol. The van der Waals surface area contributed by atoms with E-state index in [0.717, 1.165) is 22.8 Å². The first-order valence-electron chi connectivity index (χ1n) is 5.19. The van der Waals surface area contributed by atoms with Gasteiger partial charge in [-0.1, -0.05) is 0 Å². The molecule has 0 bridgehead atoms. The molecule has 0 fully saturated rings. The Morgan fingerprint density at radius 2 is 0.812 bits per heavy atom. The molecule has 0 N–H and O–H groups in total. The Morgan fingerprint density at radius 1 is 0.562 bits per heavy atom. The zero-order valence-corrected chi connectivity index (χ0v) is 9.94. The van der Waals surface area contributed by atoms with Crippen molar-refractivity contribution < 1.29 is 0 Å². The van der Waals surface area contributed by atoms with Crippen LogP contribution in [0.4, 0.5) is 0 Å². The SMILES string of the molecule is Cc1cc(C)nc(-c2nc(C)cc(C)n2)n1. The lowest BCUT2D eigenvalue weighted by atomic mass is 10.3. The van der Waals surface area contributed by atoms with Crippen LogP contribution in [0.1, 0.15) is 22.8 Å². The fourth-order valence-electron chi connectivity index (χ4n) is 1.65.